The van der Waals surface area contributed by atoms with Gasteiger partial charge in [-0.2, -0.15) is 0 Å². The summed E-state index contributed by atoms with van der Waals surface area (Å²) in [6.45, 7) is 9.60. The molecule has 1 aliphatic carbocycles. The summed E-state index contributed by atoms with van der Waals surface area (Å²) >= 11 is 1.29. The summed E-state index contributed by atoms with van der Waals surface area (Å²) in [7, 11) is 1.50. The minimum atomic E-state index is -0.520. The zero-order valence-electron chi connectivity index (χ0n) is 22.6. The van der Waals surface area contributed by atoms with E-state index in [0.29, 0.717) is 24.1 Å². The van der Waals surface area contributed by atoms with Gasteiger partial charge in [0.2, 0.25) is 5.91 Å². The van der Waals surface area contributed by atoms with Gasteiger partial charge in [0.15, 0.2) is 0 Å². The molecule has 1 heterocycles. The molecule has 204 valence electrons. The van der Waals surface area contributed by atoms with Crippen LogP contribution in [0, 0.1) is 0 Å². The molecule has 1 aliphatic rings. The maximum Gasteiger partial charge on any atom is 0.284 e. The van der Waals surface area contributed by atoms with Crippen molar-refractivity contribution in [2.24, 2.45) is 5.73 Å². The van der Waals surface area contributed by atoms with Gasteiger partial charge in [0.1, 0.15) is 6.29 Å². The molecule has 2 aromatic rings. The lowest BCUT2D eigenvalue weighted by molar-refractivity contribution is -0.120. The molecule has 0 aliphatic heterocycles. The Hall–Kier alpha value is -3.85. The molecular weight excluding hydrogens is 498 g/mol. The Bertz CT molecular complexity index is 1230. The van der Waals surface area contributed by atoms with E-state index in [1.807, 2.05) is 75.4 Å². The predicted molar refractivity (Wildman–Crippen MR) is 158 cm³/mol. The monoisotopic (exact) mass is 537 g/mol. The first kappa shape index (κ1) is 34.1. The normalized spacial score (nSPS) is 11.5. The fourth-order valence-corrected chi connectivity index (χ4v) is 3.86. The zero-order valence-corrected chi connectivity index (χ0v) is 23.4. The predicted octanol–water partition coefficient (Wildman–Crippen LogP) is 4.40. The smallest absolute Gasteiger partial charge is 0.284 e. The first-order valence-electron chi connectivity index (χ1n) is 12.2. The number of aldehydes is 1. The minimum absolute atomic E-state index is 0.0240. The molecule has 0 unspecified atom stereocenters. The Morgan fingerprint density at radius 3 is 2.37 bits per heavy atom. The van der Waals surface area contributed by atoms with E-state index >= 15 is 0 Å². The molecule has 7 nitrogen and oxygen atoms in total. The van der Waals surface area contributed by atoms with Gasteiger partial charge in [-0.15, -0.1) is 11.3 Å². The maximum absolute atomic E-state index is 12.1. The van der Waals surface area contributed by atoms with Crippen LogP contribution >= 0.6 is 11.3 Å². The van der Waals surface area contributed by atoms with Crippen molar-refractivity contribution in [2.45, 2.75) is 40.0 Å². The number of hydrogen-bond acceptors (Lipinski definition) is 6. The number of rotatable bonds is 8. The van der Waals surface area contributed by atoms with Crippen LogP contribution in [0.1, 0.15) is 60.1 Å². The molecule has 3 rings (SSSR count). The lowest BCUT2D eigenvalue weighted by Gasteiger charge is -2.07. The third kappa shape index (κ3) is 13.5. The zero-order chi connectivity index (χ0) is 28.8. The van der Waals surface area contributed by atoms with Gasteiger partial charge in [0.25, 0.3) is 5.91 Å². The van der Waals surface area contributed by atoms with E-state index < -0.39 is 5.91 Å². The molecule has 0 saturated heterocycles. The highest BCUT2D eigenvalue weighted by Gasteiger charge is 2.09. The lowest BCUT2D eigenvalue weighted by Crippen LogP contribution is -2.22. The number of benzene rings is 1. The highest BCUT2D eigenvalue weighted by molar-refractivity contribution is 7.12. The molecule has 8 heteroatoms. The Labute approximate surface area is 229 Å². The molecule has 1 aromatic carbocycles. The van der Waals surface area contributed by atoms with Gasteiger partial charge < -0.3 is 11.1 Å². The Morgan fingerprint density at radius 1 is 1.11 bits per heavy atom. The topological polar surface area (TPSA) is 122 Å². The summed E-state index contributed by atoms with van der Waals surface area (Å²) in [4.78, 5) is 34.1. The fraction of sp³-hybridized carbons (Fsp3) is 0.233. The number of hydrogen-bond donors (Lipinski definition) is 4. The number of hydroxylamine groups is 1. The van der Waals surface area contributed by atoms with E-state index in [9.17, 15) is 14.4 Å². The molecule has 38 heavy (non-hydrogen) atoms. The molecule has 0 fully saturated rings. The molecule has 0 bridgehead atoms. The number of nitrogens with one attached hydrogen (secondary N) is 2. The first-order valence-corrected chi connectivity index (χ1v) is 13.1. The Morgan fingerprint density at radius 2 is 1.79 bits per heavy atom. The molecule has 0 radical (unpaired) electrons. The van der Waals surface area contributed by atoms with Gasteiger partial charge in [-0.1, -0.05) is 86.7 Å². The van der Waals surface area contributed by atoms with Crippen LogP contribution in [0.4, 0.5) is 0 Å². The molecule has 0 saturated carbocycles. The van der Waals surface area contributed by atoms with Crippen LogP contribution in [-0.2, 0) is 4.79 Å². The van der Waals surface area contributed by atoms with Crippen LogP contribution in [0.5, 0.6) is 0 Å². The average Bonchev–Trinajstić information content (AvgIpc) is 3.30. The molecular formula is C30H39N3O4S. The first-order chi connectivity index (χ1) is 18.5. The molecule has 2 amide bonds. The van der Waals surface area contributed by atoms with Gasteiger partial charge in [-0.05, 0) is 43.8 Å². The Kier molecular flexibility index (Phi) is 19.1. The number of fused-ring (bicyclic) bond motifs is 1. The van der Waals surface area contributed by atoms with Gasteiger partial charge in [0.05, 0.1) is 4.88 Å². The van der Waals surface area contributed by atoms with E-state index in [2.05, 4.69) is 17.6 Å². The van der Waals surface area contributed by atoms with E-state index in [1.165, 1.54) is 18.4 Å². The SMILES string of the molecule is C=C/C=C\C=C(/C)CCC(=O)NC1=CC=c2sc(C(=O)NO)cc2=CC1.CC.CN.O=Cc1ccccc1. The second-order valence-corrected chi connectivity index (χ2v) is 8.43. The minimum Gasteiger partial charge on any atom is -0.333 e. The van der Waals surface area contributed by atoms with Gasteiger partial charge in [-0.3, -0.25) is 19.6 Å². The number of amides is 2. The van der Waals surface area contributed by atoms with Crippen molar-refractivity contribution in [1.29, 1.82) is 0 Å². The van der Waals surface area contributed by atoms with Crippen LogP contribution in [0.15, 0.2) is 84.6 Å². The quantitative estimate of drug-likeness (QED) is 0.172. The Balaban J connectivity index is 0.000000952. The second kappa shape index (κ2) is 21.3. The number of allylic oxidation sites excluding steroid dienone is 7. The number of carbonyl (C=O) groups excluding carboxylic acids is 3. The summed E-state index contributed by atoms with van der Waals surface area (Å²) in [5.41, 5.74) is 8.81. The molecule has 0 atom stereocenters. The summed E-state index contributed by atoms with van der Waals surface area (Å²) in [5, 5.41) is 12.6. The highest BCUT2D eigenvalue weighted by Crippen LogP contribution is 2.08. The fourth-order valence-electron chi connectivity index (χ4n) is 2.90. The molecule has 5 N–H and O–H groups in total. The van der Waals surface area contributed by atoms with Gasteiger partial charge in [0, 0.05) is 28.6 Å². The van der Waals surface area contributed by atoms with E-state index in [-0.39, 0.29) is 5.91 Å². The number of nitrogens with two attached hydrogens (primary N) is 1. The van der Waals surface area contributed by atoms with Crippen LogP contribution in [0.2, 0.25) is 0 Å². The van der Waals surface area contributed by atoms with Crippen LogP contribution < -0.4 is 26.3 Å². The largest absolute Gasteiger partial charge is 0.333 e. The number of carbonyl (C=O) groups is 3. The summed E-state index contributed by atoms with van der Waals surface area (Å²) < 4.78 is 0.917. The molecule has 1 aromatic heterocycles. The average molecular weight is 538 g/mol. The van der Waals surface area contributed by atoms with Crippen LogP contribution in [-0.4, -0.2) is 30.4 Å². The van der Waals surface area contributed by atoms with Crippen molar-refractivity contribution in [3.63, 3.8) is 0 Å². The lowest BCUT2D eigenvalue weighted by atomic mass is 10.1. The highest BCUT2D eigenvalue weighted by atomic mass is 32.1. The van der Waals surface area contributed by atoms with Crippen molar-refractivity contribution in [3.05, 3.63) is 105 Å². The van der Waals surface area contributed by atoms with Crippen molar-refractivity contribution < 1.29 is 19.6 Å². The van der Waals surface area contributed by atoms with Gasteiger partial charge in [-0.25, -0.2) is 5.48 Å². The molecule has 0 spiro atoms. The second-order valence-electron chi connectivity index (χ2n) is 7.35. The van der Waals surface area contributed by atoms with E-state index in [4.69, 9.17) is 5.21 Å². The van der Waals surface area contributed by atoms with Crippen molar-refractivity contribution in [1.82, 2.24) is 10.8 Å². The third-order valence-corrected chi connectivity index (χ3v) is 5.82. The van der Waals surface area contributed by atoms with Crippen molar-refractivity contribution in [3.8, 4) is 0 Å². The van der Waals surface area contributed by atoms with Crippen LogP contribution in [0.25, 0.3) is 12.2 Å². The summed E-state index contributed by atoms with van der Waals surface area (Å²) in [6, 6.07) is 10.8. The van der Waals surface area contributed by atoms with Gasteiger partial charge >= 0.3 is 0 Å². The van der Waals surface area contributed by atoms with Crippen LogP contribution in [0.3, 0.4) is 0 Å². The van der Waals surface area contributed by atoms with E-state index in [0.717, 1.165) is 32.9 Å². The maximum atomic E-state index is 12.1. The van der Waals surface area contributed by atoms with Crippen molar-refractivity contribution in [2.75, 3.05) is 7.05 Å². The summed E-state index contributed by atoms with van der Waals surface area (Å²) in [6.07, 6.45) is 15.6. The van der Waals surface area contributed by atoms with Crippen molar-refractivity contribution >= 4 is 41.6 Å². The summed E-state index contributed by atoms with van der Waals surface area (Å²) in [5.74, 6) is -0.544. The third-order valence-electron chi connectivity index (χ3n) is 4.70. The standard InChI is InChI=1S/C20H22N2O3S.C7H6O.C2H6.CH5N/c1-3-4-5-6-14(2)7-12-19(23)21-16-9-8-15-13-18(20(24)22-25)26-17(15)11-10-16;8-6-7-4-2-1-3-5-7;2*1-2/h3-6,8,10-11,13,25H,1,7,9,12H2,2H3,(H,21,23)(H,22,24);1-6H;1-2H3;2H2,1H3/b5-4-,14-6+;;;. The number of thiophene rings is 1. The van der Waals surface area contributed by atoms with E-state index in [1.54, 1.807) is 29.8 Å².